The Morgan fingerprint density at radius 2 is 1.56 bits per heavy atom. The molecule has 1 aromatic heterocycles. The Morgan fingerprint density at radius 1 is 0.861 bits per heavy atom. The number of fused-ring (bicyclic) bond motifs is 4. The summed E-state index contributed by atoms with van der Waals surface area (Å²) in [5.74, 6) is -2.48. The van der Waals surface area contributed by atoms with Gasteiger partial charge >= 0.3 is 13.6 Å². The van der Waals surface area contributed by atoms with Crippen LogP contribution in [-0.2, 0) is 22.2 Å². The van der Waals surface area contributed by atoms with Gasteiger partial charge in [0.05, 0.1) is 0 Å². The van der Waals surface area contributed by atoms with Crippen molar-refractivity contribution < 1.29 is 28.7 Å². The zero-order valence-corrected chi connectivity index (χ0v) is 20.3. The molecule has 5 rings (SSSR count). The minimum Gasteiger partial charge on any atom is -0.480 e. The highest BCUT2D eigenvalue weighted by molar-refractivity contribution is 7.52. The minimum atomic E-state index is -4.62. The van der Waals surface area contributed by atoms with Crippen LogP contribution in [0.15, 0.2) is 89.3 Å². The maximum Gasteiger partial charge on any atom is 0.342 e. The summed E-state index contributed by atoms with van der Waals surface area (Å²) in [6.07, 6.45) is 0.527. The molecule has 184 valence electrons. The van der Waals surface area contributed by atoms with E-state index < -0.39 is 25.4 Å². The van der Waals surface area contributed by atoms with E-state index in [4.69, 9.17) is 4.42 Å². The first-order valence-corrected chi connectivity index (χ1v) is 13.4. The van der Waals surface area contributed by atoms with Crippen molar-refractivity contribution in [2.75, 3.05) is 0 Å². The van der Waals surface area contributed by atoms with E-state index in [1.54, 1.807) is 6.07 Å². The molecule has 8 heteroatoms. The summed E-state index contributed by atoms with van der Waals surface area (Å²) in [7, 11) is -4.62. The van der Waals surface area contributed by atoms with Crippen molar-refractivity contribution >= 4 is 46.3 Å². The lowest BCUT2D eigenvalue weighted by atomic mass is 10.0. The normalized spacial score (nSPS) is 13.8. The van der Waals surface area contributed by atoms with Crippen molar-refractivity contribution in [3.8, 4) is 0 Å². The molecule has 0 unspecified atom stereocenters. The maximum atomic E-state index is 12.3. The lowest BCUT2D eigenvalue weighted by molar-refractivity contribution is -0.139. The molecular formula is C28H26NO6P. The van der Waals surface area contributed by atoms with E-state index in [1.165, 1.54) is 0 Å². The van der Waals surface area contributed by atoms with Crippen LogP contribution >= 0.6 is 7.60 Å². The van der Waals surface area contributed by atoms with Crippen LogP contribution in [0.4, 0.5) is 0 Å². The number of benzene rings is 4. The first-order chi connectivity index (χ1) is 17.3. The molecule has 0 bridgehead atoms. The fourth-order valence-corrected chi connectivity index (χ4v) is 5.57. The summed E-state index contributed by atoms with van der Waals surface area (Å²) in [6.45, 7) is 0. The standard InChI is InChI=1S/C28H26NO6P/c30-28(31)24(16-18-12-14-23-22-10-3-4-11-25(22)35-26(23)17-18)29-27(36(32,33)34)15-13-20-8-5-7-19-6-1-2-9-21(19)20/h1-12,14,17,24,27,29H,13,15-16H2,(H,30,31)(H2,32,33,34)/t24-,27-/m0/s1. The van der Waals surface area contributed by atoms with Crippen LogP contribution in [0, 0.1) is 0 Å². The van der Waals surface area contributed by atoms with Gasteiger partial charge in [-0.2, -0.15) is 0 Å². The maximum absolute atomic E-state index is 12.3. The second-order valence-corrected chi connectivity index (χ2v) is 10.8. The van der Waals surface area contributed by atoms with Gasteiger partial charge in [0.1, 0.15) is 23.0 Å². The summed E-state index contributed by atoms with van der Waals surface area (Å²) in [5.41, 5.74) is 3.03. The summed E-state index contributed by atoms with van der Waals surface area (Å²) in [4.78, 5) is 32.1. The van der Waals surface area contributed by atoms with Crippen molar-refractivity contribution in [3.63, 3.8) is 0 Å². The molecule has 0 aliphatic carbocycles. The Bertz CT molecular complexity index is 1600. The zero-order chi connectivity index (χ0) is 25.3. The van der Waals surface area contributed by atoms with E-state index in [-0.39, 0.29) is 12.8 Å². The summed E-state index contributed by atoms with van der Waals surface area (Å²) in [5, 5.41) is 16.6. The Balaban J connectivity index is 1.36. The molecule has 5 aromatic rings. The molecule has 0 saturated heterocycles. The first kappa shape index (κ1) is 24.2. The van der Waals surface area contributed by atoms with Crippen molar-refractivity contribution in [2.24, 2.45) is 0 Å². The number of para-hydroxylation sites is 1. The lowest BCUT2D eigenvalue weighted by Crippen LogP contribution is -2.44. The topological polar surface area (TPSA) is 120 Å². The second kappa shape index (κ2) is 9.88. The molecule has 0 spiro atoms. The van der Waals surface area contributed by atoms with E-state index in [2.05, 4.69) is 5.32 Å². The summed E-state index contributed by atoms with van der Waals surface area (Å²) < 4.78 is 18.2. The monoisotopic (exact) mass is 503 g/mol. The number of carboxylic acids is 1. The van der Waals surface area contributed by atoms with E-state index in [9.17, 15) is 24.3 Å². The number of aryl methyl sites for hydroxylation is 1. The number of carbonyl (C=O) groups is 1. The fraction of sp³-hybridized carbons (Fsp3) is 0.179. The van der Waals surface area contributed by atoms with Crippen LogP contribution < -0.4 is 5.32 Å². The molecule has 4 N–H and O–H groups in total. The third-order valence-electron chi connectivity index (χ3n) is 6.55. The summed E-state index contributed by atoms with van der Waals surface area (Å²) in [6, 6.07) is 25.6. The van der Waals surface area contributed by atoms with Crippen molar-refractivity contribution in [2.45, 2.75) is 31.1 Å². The van der Waals surface area contributed by atoms with Crippen LogP contribution in [0.25, 0.3) is 32.7 Å². The Hall–Kier alpha value is -3.48. The highest BCUT2D eigenvalue weighted by Crippen LogP contribution is 2.42. The molecule has 0 amide bonds. The Kier molecular flexibility index (Phi) is 6.65. The summed E-state index contributed by atoms with van der Waals surface area (Å²) >= 11 is 0. The largest absolute Gasteiger partial charge is 0.480 e. The predicted molar refractivity (Wildman–Crippen MR) is 140 cm³/mol. The van der Waals surface area contributed by atoms with Crippen LogP contribution in [0.1, 0.15) is 17.5 Å². The van der Waals surface area contributed by atoms with E-state index >= 15 is 0 Å². The van der Waals surface area contributed by atoms with Crippen LogP contribution in [0.2, 0.25) is 0 Å². The van der Waals surface area contributed by atoms with E-state index in [1.807, 2.05) is 78.9 Å². The lowest BCUT2D eigenvalue weighted by Gasteiger charge is -2.24. The smallest absolute Gasteiger partial charge is 0.342 e. The van der Waals surface area contributed by atoms with Crippen LogP contribution in [0.3, 0.4) is 0 Å². The number of hydrogen-bond acceptors (Lipinski definition) is 4. The van der Waals surface area contributed by atoms with E-state index in [0.717, 1.165) is 32.7 Å². The third-order valence-corrected chi connectivity index (χ3v) is 7.77. The third kappa shape index (κ3) is 5.06. The van der Waals surface area contributed by atoms with Crippen molar-refractivity contribution in [1.29, 1.82) is 0 Å². The number of rotatable bonds is 9. The number of furan rings is 1. The highest BCUT2D eigenvalue weighted by Gasteiger charge is 2.33. The van der Waals surface area contributed by atoms with Gasteiger partial charge in [-0.3, -0.25) is 14.7 Å². The fourth-order valence-electron chi connectivity index (χ4n) is 4.73. The van der Waals surface area contributed by atoms with Crippen molar-refractivity contribution in [3.05, 3.63) is 96.1 Å². The number of hydrogen-bond donors (Lipinski definition) is 4. The molecule has 0 aliphatic rings. The predicted octanol–water partition coefficient (Wildman–Crippen LogP) is 5.46. The van der Waals surface area contributed by atoms with Crippen LogP contribution in [0.5, 0.6) is 0 Å². The van der Waals surface area contributed by atoms with Gasteiger partial charge in [0.15, 0.2) is 0 Å². The van der Waals surface area contributed by atoms with Gasteiger partial charge < -0.3 is 19.3 Å². The highest BCUT2D eigenvalue weighted by atomic mass is 31.2. The van der Waals surface area contributed by atoms with Gasteiger partial charge in [0.2, 0.25) is 0 Å². The molecule has 0 aliphatic heterocycles. The molecule has 2 atom stereocenters. The second-order valence-electron chi connectivity index (χ2n) is 8.97. The number of carboxylic acid groups (broad SMARTS) is 1. The molecule has 1 heterocycles. The van der Waals surface area contributed by atoms with Gasteiger partial charge in [-0.25, -0.2) is 0 Å². The molecule has 36 heavy (non-hydrogen) atoms. The van der Waals surface area contributed by atoms with Gasteiger partial charge in [-0.15, -0.1) is 0 Å². The van der Waals surface area contributed by atoms with Crippen LogP contribution in [-0.4, -0.2) is 32.7 Å². The SMILES string of the molecule is O=C(O)[C@H](Cc1ccc2c(c1)oc1ccccc12)N[C@H](CCc1cccc2ccccc12)P(=O)(O)O. The van der Waals surface area contributed by atoms with Gasteiger partial charge in [0, 0.05) is 10.8 Å². The van der Waals surface area contributed by atoms with Gasteiger partial charge in [-0.1, -0.05) is 72.8 Å². The van der Waals surface area contributed by atoms with Gasteiger partial charge in [0.25, 0.3) is 0 Å². The molecule has 7 nitrogen and oxygen atoms in total. The van der Waals surface area contributed by atoms with Gasteiger partial charge in [-0.05, 0) is 53.3 Å². The average molecular weight is 503 g/mol. The molecular weight excluding hydrogens is 477 g/mol. The molecule has 0 fully saturated rings. The molecule has 0 radical (unpaired) electrons. The molecule has 0 saturated carbocycles. The average Bonchev–Trinajstić information content (AvgIpc) is 3.22. The van der Waals surface area contributed by atoms with Crippen molar-refractivity contribution in [1.82, 2.24) is 5.32 Å². The Morgan fingerprint density at radius 3 is 2.33 bits per heavy atom. The quantitative estimate of drug-likeness (QED) is 0.197. The number of nitrogens with one attached hydrogen (secondary N) is 1. The number of aliphatic carboxylic acids is 1. The first-order valence-electron chi connectivity index (χ1n) is 11.7. The minimum absolute atomic E-state index is 0.0487. The van der Waals surface area contributed by atoms with E-state index in [0.29, 0.717) is 17.6 Å². The molecule has 4 aromatic carbocycles. The Labute approximate surface area is 207 Å². The zero-order valence-electron chi connectivity index (χ0n) is 19.4.